The van der Waals surface area contributed by atoms with E-state index in [0.717, 1.165) is 22.5 Å². The van der Waals surface area contributed by atoms with Crippen molar-refractivity contribution < 1.29 is 12.8 Å². The van der Waals surface area contributed by atoms with Crippen LogP contribution in [0.2, 0.25) is 0 Å². The van der Waals surface area contributed by atoms with Crippen molar-refractivity contribution in [3.05, 3.63) is 94.8 Å². The molecule has 1 saturated heterocycles. The summed E-state index contributed by atoms with van der Waals surface area (Å²) in [7, 11) is -3.29. The molecule has 0 unspecified atom stereocenters. The molecule has 3 aromatic carbocycles. The second kappa shape index (κ2) is 8.32. The van der Waals surface area contributed by atoms with Crippen LogP contribution in [-0.2, 0) is 15.4 Å². The Hall–Kier alpha value is -3.03. The molecule has 3 aromatic rings. The lowest BCUT2D eigenvalue weighted by Crippen LogP contribution is -2.35. The maximum absolute atomic E-state index is 13.3. The zero-order valence-electron chi connectivity index (χ0n) is 19.3. The number of rotatable bonds is 7. The van der Waals surface area contributed by atoms with Crippen molar-refractivity contribution >= 4 is 27.6 Å². The van der Waals surface area contributed by atoms with E-state index >= 15 is 0 Å². The van der Waals surface area contributed by atoms with E-state index in [1.54, 1.807) is 23.4 Å². The number of halogens is 1. The molecule has 2 N–H and O–H groups in total. The smallest absolute Gasteiger partial charge is 0.213 e. The van der Waals surface area contributed by atoms with E-state index in [1.807, 2.05) is 37.3 Å². The van der Waals surface area contributed by atoms with Gasteiger partial charge in [0.15, 0.2) is 0 Å². The zero-order chi connectivity index (χ0) is 24.1. The number of nitrogens with zero attached hydrogens (tertiary/aromatic N) is 1. The van der Waals surface area contributed by atoms with E-state index in [9.17, 15) is 12.8 Å². The first-order valence-corrected chi connectivity index (χ1v) is 13.1. The third kappa shape index (κ3) is 3.63. The molecule has 1 aliphatic carbocycles. The third-order valence-electron chi connectivity index (χ3n) is 7.44. The molecule has 0 amide bonds. The zero-order valence-corrected chi connectivity index (χ0v) is 20.1. The van der Waals surface area contributed by atoms with Crippen LogP contribution in [0.4, 0.5) is 15.8 Å². The van der Waals surface area contributed by atoms with Gasteiger partial charge in [-0.25, -0.2) is 17.1 Å². The molecule has 1 heterocycles. The summed E-state index contributed by atoms with van der Waals surface area (Å²) in [5, 5.41) is 11.3. The first-order chi connectivity index (χ1) is 16.3. The Bertz CT molecular complexity index is 1340. The average Bonchev–Trinajstić information content (AvgIpc) is 3.29. The number of sulfonamides is 1. The Balaban J connectivity index is 1.57. The molecule has 0 bridgehead atoms. The van der Waals surface area contributed by atoms with Crippen molar-refractivity contribution in [2.75, 3.05) is 24.2 Å². The summed E-state index contributed by atoms with van der Waals surface area (Å²) >= 11 is 0. The van der Waals surface area contributed by atoms with Gasteiger partial charge in [0, 0.05) is 47.6 Å². The molecule has 2 fully saturated rings. The highest BCUT2D eigenvalue weighted by Gasteiger charge is 2.71. The molecule has 5 rings (SSSR count). The predicted molar refractivity (Wildman–Crippen MR) is 134 cm³/mol. The molecule has 34 heavy (non-hydrogen) atoms. The van der Waals surface area contributed by atoms with E-state index < -0.39 is 10.0 Å². The van der Waals surface area contributed by atoms with Crippen LogP contribution in [0, 0.1) is 24.1 Å². The number of aryl methyl sites for hydroxylation is 1. The molecule has 176 valence electrons. The van der Waals surface area contributed by atoms with Gasteiger partial charge in [-0.05, 0) is 72.9 Å². The SMILES string of the molecule is CCS(=O)(=O)N1C[C@@H]2[C@@H](c3ccccc3)[C@]2(c2cc(C=N)c(Nc3ccc(F)cc3)cc2C)C1. The number of fused-ring (bicyclic) bond motifs is 1. The van der Waals surface area contributed by atoms with Gasteiger partial charge in [0.2, 0.25) is 10.0 Å². The van der Waals surface area contributed by atoms with Crippen molar-refractivity contribution in [3.63, 3.8) is 0 Å². The highest BCUT2D eigenvalue weighted by Crippen LogP contribution is 2.70. The average molecular weight is 478 g/mol. The van der Waals surface area contributed by atoms with Crippen LogP contribution in [0.3, 0.4) is 0 Å². The maximum atomic E-state index is 13.3. The molecule has 0 spiro atoms. The maximum Gasteiger partial charge on any atom is 0.213 e. The van der Waals surface area contributed by atoms with Gasteiger partial charge in [0.1, 0.15) is 5.82 Å². The lowest BCUT2D eigenvalue weighted by molar-refractivity contribution is 0.422. The van der Waals surface area contributed by atoms with Gasteiger partial charge in [-0.2, -0.15) is 0 Å². The normalized spacial score (nSPS) is 24.0. The van der Waals surface area contributed by atoms with Crippen LogP contribution < -0.4 is 5.32 Å². The predicted octanol–water partition coefficient (Wildman–Crippen LogP) is 5.19. The van der Waals surface area contributed by atoms with Crippen LogP contribution in [0.25, 0.3) is 0 Å². The molecule has 5 nitrogen and oxygen atoms in total. The van der Waals surface area contributed by atoms with Crippen LogP contribution in [0.5, 0.6) is 0 Å². The standard InChI is InChI=1S/C27H28FN3O2S/c1-3-34(32,33)31-16-24-26(19-7-5-4-6-8-19)27(24,17-31)23-14-20(15-29)25(13-18(23)2)30-22-11-9-21(28)10-12-22/h4-15,24,26,29-30H,3,16-17H2,1-2H3/t24-,26-,27+/m1/s1. The summed E-state index contributed by atoms with van der Waals surface area (Å²) in [6, 6.07) is 20.5. The number of piperidine rings is 1. The van der Waals surface area contributed by atoms with Crippen LogP contribution >= 0.6 is 0 Å². The Morgan fingerprint density at radius 2 is 1.85 bits per heavy atom. The fraction of sp³-hybridized carbons (Fsp3) is 0.296. The lowest BCUT2D eigenvalue weighted by Gasteiger charge is -2.26. The Labute approximate surface area is 200 Å². The first kappa shape index (κ1) is 22.7. The molecule has 2 aliphatic rings. The lowest BCUT2D eigenvalue weighted by atomic mass is 9.86. The summed E-state index contributed by atoms with van der Waals surface area (Å²) in [6.45, 7) is 4.71. The van der Waals surface area contributed by atoms with Gasteiger partial charge in [0.05, 0.1) is 5.75 Å². The number of nitrogens with one attached hydrogen (secondary N) is 2. The van der Waals surface area contributed by atoms with Gasteiger partial charge in [-0.3, -0.25) is 0 Å². The second-order valence-corrected chi connectivity index (χ2v) is 11.5. The number of hydrogen-bond donors (Lipinski definition) is 2. The third-order valence-corrected chi connectivity index (χ3v) is 9.24. The minimum Gasteiger partial charge on any atom is -0.355 e. The van der Waals surface area contributed by atoms with E-state index in [-0.39, 0.29) is 28.8 Å². The monoisotopic (exact) mass is 477 g/mol. The number of benzene rings is 3. The summed E-state index contributed by atoms with van der Waals surface area (Å²) in [4.78, 5) is 0. The minimum absolute atomic E-state index is 0.0943. The van der Waals surface area contributed by atoms with Crippen molar-refractivity contribution in [1.82, 2.24) is 4.31 Å². The van der Waals surface area contributed by atoms with E-state index in [4.69, 9.17) is 5.41 Å². The number of hydrogen-bond acceptors (Lipinski definition) is 4. The first-order valence-electron chi connectivity index (χ1n) is 11.5. The summed E-state index contributed by atoms with van der Waals surface area (Å²) < 4.78 is 40.4. The van der Waals surface area contributed by atoms with Crippen LogP contribution in [0.15, 0.2) is 66.7 Å². The Morgan fingerprint density at radius 1 is 1.15 bits per heavy atom. The van der Waals surface area contributed by atoms with Crippen molar-refractivity contribution in [2.24, 2.45) is 5.92 Å². The van der Waals surface area contributed by atoms with E-state index in [1.165, 1.54) is 23.9 Å². The van der Waals surface area contributed by atoms with Crippen molar-refractivity contribution in [1.29, 1.82) is 5.41 Å². The minimum atomic E-state index is -3.29. The molecule has 7 heteroatoms. The quantitative estimate of drug-likeness (QED) is 0.460. The second-order valence-electron chi connectivity index (χ2n) is 9.26. The summed E-state index contributed by atoms with van der Waals surface area (Å²) in [6.07, 6.45) is 1.32. The fourth-order valence-electron chi connectivity index (χ4n) is 5.76. The van der Waals surface area contributed by atoms with Gasteiger partial charge in [0.25, 0.3) is 0 Å². The highest BCUT2D eigenvalue weighted by molar-refractivity contribution is 7.89. The Morgan fingerprint density at radius 3 is 2.50 bits per heavy atom. The van der Waals surface area contributed by atoms with E-state index in [2.05, 4.69) is 17.4 Å². The molecular formula is C27H28FN3O2S. The fourth-order valence-corrected chi connectivity index (χ4v) is 6.92. The van der Waals surface area contributed by atoms with Gasteiger partial charge in [-0.15, -0.1) is 0 Å². The molecule has 0 radical (unpaired) electrons. The summed E-state index contributed by atoms with van der Waals surface area (Å²) in [5.74, 6) is 0.231. The molecule has 0 aromatic heterocycles. The topological polar surface area (TPSA) is 73.3 Å². The molecule has 3 atom stereocenters. The molecule has 1 aliphatic heterocycles. The Kier molecular flexibility index (Phi) is 5.57. The highest BCUT2D eigenvalue weighted by atomic mass is 32.2. The van der Waals surface area contributed by atoms with Crippen LogP contribution in [0.1, 0.15) is 35.1 Å². The van der Waals surface area contributed by atoms with Crippen LogP contribution in [-0.4, -0.2) is 37.8 Å². The molecular weight excluding hydrogens is 449 g/mol. The van der Waals surface area contributed by atoms with E-state index in [0.29, 0.717) is 18.7 Å². The number of anilines is 2. The summed E-state index contributed by atoms with van der Waals surface area (Å²) in [5.41, 5.74) is 5.29. The van der Waals surface area contributed by atoms with Crippen molar-refractivity contribution in [2.45, 2.75) is 25.2 Å². The van der Waals surface area contributed by atoms with Crippen molar-refractivity contribution in [3.8, 4) is 0 Å². The largest absolute Gasteiger partial charge is 0.355 e. The molecule has 1 saturated carbocycles. The van der Waals surface area contributed by atoms with Gasteiger partial charge >= 0.3 is 0 Å². The van der Waals surface area contributed by atoms with Gasteiger partial charge < -0.3 is 10.7 Å². The van der Waals surface area contributed by atoms with Gasteiger partial charge in [-0.1, -0.05) is 30.3 Å².